The molecule has 1 N–H and O–H groups in total. The molecule has 0 aliphatic carbocycles. The van der Waals surface area contributed by atoms with Crippen molar-refractivity contribution in [2.24, 2.45) is 0 Å². The molecule has 0 atom stereocenters. The molecule has 0 aromatic heterocycles. The van der Waals surface area contributed by atoms with Gasteiger partial charge in [-0.15, -0.1) is 0 Å². The summed E-state index contributed by atoms with van der Waals surface area (Å²) >= 11 is 0. The van der Waals surface area contributed by atoms with Crippen molar-refractivity contribution < 1.29 is 23.9 Å². The van der Waals surface area contributed by atoms with Crippen LogP contribution in [0.5, 0.6) is 5.75 Å². The number of esters is 1. The zero-order chi connectivity index (χ0) is 20.4. The van der Waals surface area contributed by atoms with Gasteiger partial charge in [-0.05, 0) is 43.3 Å². The van der Waals surface area contributed by atoms with Gasteiger partial charge in [-0.2, -0.15) is 5.26 Å². The van der Waals surface area contributed by atoms with Crippen LogP contribution in [0.1, 0.15) is 35.7 Å². The third-order valence-electron chi connectivity index (χ3n) is 3.73. The summed E-state index contributed by atoms with van der Waals surface area (Å²) in [6.45, 7) is 1.91. The van der Waals surface area contributed by atoms with Crippen LogP contribution in [0.25, 0.3) is 0 Å². The van der Waals surface area contributed by atoms with Crippen molar-refractivity contribution in [3.8, 4) is 11.8 Å². The summed E-state index contributed by atoms with van der Waals surface area (Å²) in [6, 6.07) is 15.1. The minimum atomic E-state index is -0.650. The van der Waals surface area contributed by atoms with Crippen LogP contribution in [0.3, 0.4) is 0 Å². The molecule has 0 fully saturated rings. The highest BCUT2D eigenvalue weighted by atomic mass is 16.5. The number of nitrogens with one attached hydrogen (secondary N) is 1. The molecule has 0 aliphatic rings. The zero-order valence-electron chi connectivity index (χ0n) is 15.4. The highest BCUT2D eigenvalue weighted by Gasteiger charge is 2.13. The predicted molar refractivity (Wildman–Crippen MR) is 102 cm³/mol. The van der Waals surface area contributed by atoms with Crippen molar-refractivity contribution in [3.63, 3.8) is 0 Å². The Labute approximate surface area is 162 Å². The van der Waals surface area contributed by atoms with E-state index in [1.807, 2.05) is 13.0 Å². The number of carbonyl (C=O) groups excluding carboxylic acids is 3. The summed E-state index contributed by atoms with van der Waals surface area (Å²) in [4.78, 5) is 35.7. The first-order chi connectivity index (χ1) is 13.5. The molecule has 2 aromatic carbocycles. The SMILES string of the molecule is CCOc1ccc(C(=O)CCC(=O)OCC(=O)Nc2ccccc2C#N)cc1. The normalized spacial score (nSPS) is 9.86. The van der Waals surface area contributed by atoms with E-state index in [4.69, 9.17) is 14.7 Å². The van der Waals surface area contributed by atoms with Gasteiger partial charge in [0.15, 0.2) is 12.4 Å². The molecule has 0 heterocycles. The molecule has 7 heteroatoms. The second-order valence-electron chi connectivity index (χ2n) is 5.75. The van der Waals surface area contributed by atoms with E-state index in [9.17, 15) is 14.4 Å². The van der Waals surface area contributed by atoms with Gasteiger partial charge in [-0.3, -0.25) is 14.4 Å². The van der Waals surface area contributed by atoms with E-state index >= 15 is 0 Å². The molecule has 2 rings (SSSR count). The number of hydrogen-bond acceptors (Lipinski definition) is 6. The number of carbonyl (C=O) groups is 3. The molecule has 2 aromatic rings. The maximum atomic E-state index is 12.1. The van der Waals surface area contributed by atoms with Crippen molar-refractivity contribution in [1.82, 2.24) is 0 Å². The number of nitriles is 1. The number of Topliss-reactive ketones (excluding diaryl/α,β-unsaturated/α-hetero) is 1. The molecule has 0 bridgehead atoms. The quantitative estimate of drug-likeness (QED) is 0.529. The van der Waals surface area contributed by atoms with Crippen molar-refractivity contribution >= 4 is 23.3 Å². The molecule has 144 valence electrons. The fourth-order valence-electron chi connectivity index (χ4n) is 2.36. The Morgan fingerprint density at radius 1 is 1.04 bits per heavy atom. The van der Waals surface area contributed by atoms with Gasteiger partial charge >= 0.3 is 5.97 Å². The number of anilines is 1. The fraction of sp³-hybridized carbons (Fsp3) is 0.238. The lowest BCUT2D eigenvalue weighted by molar-refractivity contribution is -0.147. The number of para-hydroxylation sites is 1. The number of rotatable bonds is 9. The Balaban J connectivity index is 1.75. The second kappa shape index (κ2) is 10.5. The third kappa shape index (κ3) is 6.25. The monoisotopic (exact) mass is 380 g/mol. The van der Waals surface area contributed by atoms with Gasteiger partial charge in [-0.1, -0.05) is 12.1 Å². The van der Waals surface area contributed by atoms with Crippen molar-refractivity contribution in [3.05, 3.63) is 59.7 Å². The van der Waals surface area contributed by atoms with Crippen molar-refractivity contribution in [1.29, 1.82) is 5.26 Å². The van der Waals surface area contributed by atoms with Gasteiger partial charge in [0.2, 0.25) is 0 Å². The van der Waals surface area contributed by atoms with Crippen LogP contribution in [0.2, 0.25) is 0 Å². The standard InChI is InChI=1S/C21H20N2O5/c1-2-27-17-9-7-15(8-10-17)19(24)11-12-21(26)28-14-20(25)23-18-6-4-3-5-16(18)13-22/h3-10H,2,11-12,14H2,1H3,(H,23,25). The van der Waals surface area contributed by atoms with Gasteiger partial charge in [0.25, 0.3) is 5.91 Å². The summed E-state index contributed by atoms with van der Waals surface area (Å²) in [7, 11) is 0. The minimum absolute atomic E-state index is 0.0221. The first kappa shape index (κ1) is 20.6. The van der Waals surface area contributed by atoms with Gasteiger partial charge in [0.1, 0.15) is 11.8 Å². The van der Waals surface area contributed by atoms with E-state index < -0.39 is 18.5 Å². The summed E-state index contributed by atoms with van der Waals surface area (Å²) in [5, 5.41) is 11.5. The first-order valence-electron chi connectivity index (χ1n) is 8.74. The molecule has 0 radical (unpaired) electrons. The average molecular weight is 380 g/mol. The largest absolute Gasteiger partial charge is 0.494 e. The molecule has 0 saturated heterocycles. The number of nitrogens with zero attached hydrogens (tertiary/aromatic N) is 1. The molecule has 0 aliphatic heterocycles. The van der Waals surface area contributed by atoms with Crippen LogP contribution < -0.4 is 10.1 Å². The van der Waals surface area contributed by atoms with Crippen LogP contribution >= 0.6 is 0 Å². The van der Waals surface area contributed by atoms with E-state index in [1.54, 1.807) is 48.5 Å². The highest BCUT2D eigenvalue weighted by Crippen LogP contribution is 2.15. The fourth-order valence-corrected chi connectivity index (χ4v) is 2.36. The van der Waals surface area contributed by atoms with Crippen LogP contribution in [-0.2, 0) is 14.3 Å². The Morgan fingerprint density at radius 3 is 2.43 bits per heavy atom. The molecular weight excluding hydrogens is 360 g/mol. The van der Waals surface area contributed by atoms with E-state index in [0.29, 0.717) is 29.2 Å². The van der Waals surface area contributed by atoms with Crippen molar-refractivity contribution in [2.75, 3.05) is 18.5 Å². The third-order valence-corrected chi connectivity index (χ3v) is 3.73. The minimum Gasteiger partial charge on any atom is -0.494 e. The molecule has 1 amide bonds. The topological polar surface area (TPSA) is 105 Å². The van der Waals surface area contributed by atoms with Gasteiger partial charge in [0, 0.05) is 12.0 Å². The smallest absolute Gasteiger partial charge is 0.306 e. The van der Waals surface area contributed by atoms with Gasteiger partial charge in [-0.25, -0.2) is 0 Å². The zero-order valence-corrected chi connectivity index (χ0v) is 15.4. The second-order valence-corrected chi connectivity index (χ2v) is 5.75. The lowest BCUT2D eigenvalue weighted by Crippen LogP contribution is -2.21. The first-order valence-corrected chi connectivity index (χ1v) is 8.74. The van der Waals surface area contributed by atoms with Crippen LogP contribution in [-0.4, -0.2) is 30.9 Å². The lowest BCUT2D eigenvalue weighted by atomic mass is 10.1. The Bertz CT molecular complexity index is 884. The van der Waals surface area contributed by atoms with Gasteiger partial charge in [0.05, 0.1) is 24.3 Å². The van der Waals surface area contributed by atoms with E-state index in [-0.39, 0.29) is 18.6 Å². The summed E-state index contributed by atoms with van der Waals surface area (Å²) in [5.41, 5.74) is 1.13. The summed E-state index contributed by atoms with van der Waals surface area (Å²) in [5.74, 6) is -0.744. The lowest BCUT2D eigenvalue weighted by Gasteiger charge is -2.08. The number of hydrogen-bond donors (Lipinski definition) is 1. The average Bonchev–Trinajstić information content (AvgIpc) is 2.71. The number of amides is 1. The Hall–Kier alpha value is -3.66. The van der Waals surface area contributed by atoms with E-state index in [0.717, 1.165) is 0 Å². The van der Waals surface area contributed by atoms with E-state index in [1.165, 1.54) is 0 Å². The molecule has 28 heavy (non-hydrogen) atoms. The molecule has 0 saturated carbocycles. The highest BCUT2D eigenvalue weighted by molar-refractivity contribution is 5.98. The summed E-state index contributed by atoms with van der Waals surface area (Å²) < 4.78 is 10.2. The predicted octanol–water partition coefficient (Wildman–Crippen LogP) is 3.10. The van der Waals surface area contributed by atoms with Crippen molar-refractivity contribution in [2.45, 2.75) is 19.8 Å². The number of benzene rings is 2. The molecule has 0 spiro atoms. The number of ketones is 1. The molecule has 0 unspecified atom stereocenters. The van der Waals surface area contributed by atoms with Gasteiger partial charge < -0.3 is 14.8 Å². The molecular formula is C21H20N2O5. The molecule has 7 nitrogen and oxygen atoms in total. The van der Waals surface area contributed by atoms with Crippen LogP contribution in [0, 0.1) is 11.3 Å². The van der Waals surface area contributed by atoms with Crippen LogP contribution in [0.4, 0.5) is 5.69 Å². The van der Waals surface area contributed by atoms with E-state index in [2.05, 4.69) is 5.32 Å². The Morgan fingerprint density at radius 2 is 1.75 bits per heavy atom. The maximum Gasteiger partial charge on any atom is 0.306 e. The van der Waals surface area contributed by atoms with Crippen LogP contribution in [0.15, 0.2) is 48.5 Å². The maximum absolute atomic E-state index is 12.1. The Kier molecular flexibility index (Phi) is 7.73. The summed E-state index contributed by atoms with van der Waals surface area (Å²) in [6.07, 6.45) is -0.153. The number of ether oxygens (including phenoxy) is 2.